The fourth-order valence-corrected chi connectivity index (χ4v) is 0.729. The van der Waals surface area contributed by atoms with Crippen molar-refractivity contribution in [3.63, 3.8) is 0 Å². The number of halogens is 2. The molecular formula is C6H5F2NS. The Labute approximate surface area is 62.3 Å². The Balaban J connectivity index is 3.34. The van der Waals surface area contributed by atoms with Crippen LogP contribution in [0.1, 0.15) is 0 Å². The van der Waals surface area contributed by atoms with Crippen molar-refractivity contribution in [2.75, 3.05) is 5.73 Å². The molecule has 0 aliphatic carbocycles. The van der Waals surface area contributed by atoms with E-state index in [2.05, 4.69) is 12.6 Å². The summed E-state index contributed by atoms with van der Waals surface area (Å²) in [5.41, 5.74) is 4.84. The lowest BCUT2D eigenvalue weighted by molar-refractivity contribution is 0.510. The maximum atomic E-state index is 12.4. The molecule has 1 nitrogen and oxygen atoms in total. The molecule has 4 heteroatoms. The number of hydrogen-bond acceptors (Lipinski definition) is 2. The lowest BCUT2D eigenvalue weighted by Gasteiger charge is -1.99. The van der Waals surface area contributed by atoms with Crippen LogP contribution in [-0.4, -0.2) is 0 Å². The van der Waals surface area contributed by atoms with E-state index in [9.17, 15) is 8.78 Å². The van der Waals surface area contributed by atoms with E-state index in [1.165, 1.54) is 6.07 Å². The van der Waals surface area contributed by atoms with Crippen LogP contribution in [0.5, 0.6) is 0 Å². The largest absolute Gasteiger partial charge is 0.395 e. The predicted octanol–water partition coefficient (Wildman–Crippen LogP) is 1.84. The van der Waals surface area contributed by atoms with E-state index >= 15 is 0 Å². The maximum absolute atomic E-state index is 12.4. The van der Waals surface area contributed by atoms with Gasteiger partial charge in [0.15, 0.2) is 11.6 Å². The van der Waals surface area contributed by atoms with Crippen molar-refractivity contribution in [1.82, 2.24) is 0 Å². The van der Waals surface area contributed by atoms with E-state index in [1.807, 2.05) is 0 Å². The zero-order chi connectivity index (χ0) is 7.72. The summed E-state index contributed by atoms with van der Waals surface area (Å²) in [6.07, 6.45) is 0. The third-order valence-corrected chi connectivity index (χ3v) is 1.50. The van der Waals surface area contributed by atoms with Crippen molar-refractivity contribution in [3.05, 3.63) is 23.8 Å². The van der Waals surface area contributed by atoms with Gasteiger partial charge in [-0.25, -0.2) is 8.78 Å². The highest BCUT2D eigenvalue weighted by Gasteiger charge is 2.06. The van der Waals surface area contributed by atoms with Gasteiger partial charge in [0.25, 0.3) is 0 Å². The second-order valence-corrected chi connectivity index (χ2v) is 2.28. The number of nitrogens with two attached hydrogens (primary N) is 1. The minimum atomic E-state index is -1.03. The molecule has 0 unspecified atom stereocenters. The molecule has 2 N–H and O–H groups in total. The van der Waals surface area contributed by atoms with Crippen LogP contribution < -0.4 is 5.73 Å². The molecule has 1 aromatic carbocycles. The summed E-state index contributed by atoms with van der Waals surface area (Å²) < 4.78 is 24.7. The smallest absolute Gasteiger partial charge is 0.182 e. The van der Waals surface area contributed by atoms with Gasteiger partial charge in [0, 0.05) is 4.90 Å². The van der Waals surface area contributed by atoms with Gasteiger partial charge in [0.2, 0.25) is 0 Å². The monoisotopic (exact) mass is 161 g/mol. The normalized spacial score (nSPS) is 9.90. The quantitative estimate of drug-likeness (QED) is 0.440. The second-order valence-electron chi connectivity index (χ2n) is 1.79. The average molecular weight is 161 g/mol. The molecule has 0 atom stereocenters. The third-order valence-electron chi connectivity index (χ3n) is 1.11. The minimum Gasteiger partial charge on any atom is -0.395 e. The van der Waals surface area contributed by atoms with Gasteiger partial charge in [-0.15, -0.1) is 12.6 Å². The topological polar surface area (TPSA) is 26.0 Å². The predicted molar refractivity (Wildman–Crippen MR) is 38.0 cm³/mol. The van der Waals surface area contributed by atoms with Gasteiger partial charge >= 0.3 is 0 Å². The van der Waals surface area contributed by atoms with Crippen molar-refractivity contribution in [2.24, 2.45) is 0 Å². The summed E-state index contributed by atoms with van der Waals surface area (Å²) in [6.45, 7) is 0. The molecule has 1 rings (SSSR count). The minimum absolute atomic E-state index is 0.247. The van der Waals surface area contributed by atoms with Crippen LogP contribution in [0.2, 0.25) is 0 Å². The number of rotatable bonds is 0. The average Bonchev–Trinajstić information content (AvgIpc) is 1.93. The van der Waals surface area contributed by atoms with Gasteiger partial charge in [-0.2, -0.15) is 0 Å². The fraction of sp³-hybridized carbons (Fsp3) is 0. The zero-order valence-electron chi connectivity index (χ0n) is 4.94. The molecule has 10 heavy (non-hydrogen) atoms. The van der Waals surface area contributed by atoms with E-state index in [0.29, 0.717) is 0 Å². The first-order valence-electron chi connectivity index (χ1n) is 2.55. The van der Waals surface area contributed by atoms with Crippen LogP contribution in [-0.2, 0) is 0 Å². The Kier molecular flexibility index (Phi) is 1.80. The summed E-state index contributed by atoms with van der Waals surface area (Å²) in [4.78, 5) is 0.249. The van der Waals surface area contributed by atoms with Crippen LogP contribution in [0.15, 0.2) is 17.0 Å². The van der Waals surface area contributed by atoms with Crippen LogP contribution in [0.4, 0.5) is 14.5 Å². The third kappa shape index (κ3) is 1.07. The molecule has 0 fully saturated rings. The first-order valence-corrected chi connectivity index (χ1v) is 3.00. The number of thiol groups is 1. The van der Waals surface area contributed by atoms with Crippen molar-refractivity contribution in [1.29, 1.82) is 0 Å². The number of nitrogen functional groups attached to an aromatic ring is 1. The zero-order valence-corrected chi connectivity index (χ0v) is 5.83. The molecule has 0 aromatic heterocycles. The summed E-state index contributed by atoms with van der Waals surface area (Å²) in [5, 5.41) is 0. The van der Waals surface area contributed by atoms with Gasteiger partial charge < -0.3 is 5.73 Å². The molecule has 0 amide bonds. The van der Waals surface area contributed by atoms with Gasteiger partial charge in [0.05, 0.1) is 5.69 Å². The Morgan fingerprint density at radius 2 is 1.90 bits per heavy atom. The molecule has 1 aromatic rings. The lowest BCUT2D eigenvalue weighted by Crippen LogP contribution is -1.94. The highest BCUT2D eigenvalue weighted by molar-refractivity contribution is 7.80. The Hall–Kier alpha value is -0.770. The Morgan fingerprint density at radius 1 is 1.30 bits per heavy atom. The SMILES string of the molecule is Nc1c(S)ccc(F)c1F. The molecular weight excluding hydrogens is 156 g/mol. The number of benzene rings is 1. The Morgan fingerprint density at radius 3 is 2.40 bits per heavy atom. The molecule has 0 spiro atoms. The molecule has 0 heterocycles. The van der Waals surface area contributed by atoms with Crippen molar-refractivity contribution in [2.45, 2.75) is 4.90 Å². The molecule has 0 aliphatic rings. The van der Waals surface area contributed by atoms with Crippen LogP contribution in [0, 0.1) is 11.6 Å². The first-order chi connectivity index (χ1) is 4.63. The fourth-order valence-electron chi connectivity index (χ4n) is 0.556. The van der Waals surface area contributed by atoms with E-state index in [1.54, 1.807) is 0 Å². The summed E-state index contributed by atoms with van der Waals surface area (Å²) >= 11 is 3.78. The highest BCUT2D eigenvalue weighted by atomic mass is 32.1. The van der Waals surface area contributed by atoms with E-state index in [0.717, 1.165) is 6.07 Å². The van der Waals surface area contributed by atoms with Crippen molar-refractivity contribution in [3.8, 4) is 0 Å². The lowest BCUT2D eigenvalue weighted by atomic mass is 10.3. The van der Waals surface area contributed by atoms with Gasteiger partial charge in [-0.1, -0.05) is 0 Å². The van der Waals surface area contributed by atoms with Crippen molar-refractivity contribution < 1.29 is 8.78 Å². The van der Waals surface area contributed by atoms with Crippen LogP contribution >= 0.6 is 12.6 Å². The molecule has 0 saturated heterocycles. The molecule has 0 saturated carbocycles. The maximum Gasteiger partial charge on any atom is 0.182 e. The Bertz CT molecular complexity index is 235. The molecule has 0 radical (unpaired) electrons. The van der Waals surface area contributed by atoms with Crippen LogP contribution in [0.3, 0.4) is 0 Å². The molecule has 54 valence electrons. The van der Waals surface area contributed by atoms with Crippen molar-refractivity contribution >= 4 is 18.3 Å². The molecule has 0 bridgehead atoms. The highest BCUT2D eigenvalue weighted by Crippen LogP contribution is 2.21. The van der Waals surface area contributed by atoms with E-state index < -0.39 is 11.6 Å². The summed E-state index contributed by atoms with van der Waals surface area (Å²) in [6, 6.07) is 2.28. The number of hydrogen-bond donors (Lipinski definition) is 2. The molecule has 0 aliphatic heterocycles. The first kappa shape index (κ1) is 7.34. The van der Waals surface area contributed by atoms with E-state index in [4.69, 9.17) is 5.73 Å². The summed E-state index contributed by atoms with van der Waals surface area (Å²) in [5.74, 6) is -1.98. The summed E-state index contributed by atoms with van der Waals surface area (Å²) in [7, 11) is 0. The van der Waals surface area contributed by atoms with Crippen LogP contribution in [0.25, 0.3) is 0 Å². The number of anilines is 1. The second kappa shape index (κ2) is 2.46. The standard InChI is InChI=1S/C6H5F2NS/c7-3-1-2-4(10)6(9)5(3)8/h1-2,10H,9H2. The van der Waals surface area contributed by atoms with Gasteiger partial charge in [-0.05, 0) is 12.1 Å². The van der Waals surface area contributed by atoms with Gasteiger partial charge in [0.1, 0.15) is 0 Å². The van der Waals surface area contributed by atoms with E-state index in [-0.39, 0.29) is 10.6 Å². The van der Waals surface area contributed by atoms with Gasteiger partial charge in [-0.3, -0.25) is 0 Å².